The number of nitrogens with one attached hydrogen (secondary N) is 1. The van der Waals surface area contributed by atoms with Crippen molar-refractivity contribution in [2.45, 2.75) is 26.4 Å². The Balaban J connectivity index is 2.11. The van der Waals surface area contributed by atoms with Crippen molar-refractivity contribution in [3.63, 3.8) is 0 Å². The van der Waals surface area contributed by atoms with Crippen LogP contribution in [0.4, 0.5) is 5.69 Å². The molecule has 20 heavy (non-hydrogen) atoms. The lowest BCUT2D eigenvalue weighted by atomic mass is 10.4. The second-order valence-corrected chi connectivity index (χ2v) is 4.45. The molecule has 0 unspecified atom stereocenters. The summed E-state index contributed by atoms with van der Waals surface area (Å²) in [7, 11) is 0. The zero-order chi connectivity index (χ0) is 14.5. The van der Waals surface area contributed by atoms with Gasteiger partial charge >= 0.3 is 0 Å². The molecular formula is C13H15ClN4O2. The minimum Gasteiger partial charge on any atom is -0.444 e. The Hall–Kier alpha value is -2.08. The second-order valence-electron chi connectivity index (χ2n) is 4.08. The zero-order valence-electron chi connectivity index (χ0n) is 11.1. The molecule has 0 aliphatic heterocycles. The first-order valence-corrected chi connectivity index (χ1v) is 6.57. The van der Waals surface area contributed by atoms with Gasteiger partial charge in [-0.15, -0.1) is 6.58 Å². The SMILES string of the molecule is C=CCn1ncc(NCc2ncc(CC)o2)c(Cl)c1=O. The molecule has 2 aromatic rings. The lowest BCUT2D eigenvalue weighted by molar-refractivity contribution is 0.465. The first-order valence-electron chi connectivity index (χ1n) is 6.19. The molecule has 0 aromatic carbocycles. The van der Waals surface area contributed by atoms with Gasteiger partial charge in [0.25, 0.3) is 5.56 Å². The number of halogens is 1. The third kappa shape index (κ3) is 3.08. The van der Waals surface area contributed by atoms with E-state index in [4.69, 9.17) is 16.0 Å². The van der Waals surface area contributed by atoms with Gasteiger partial charge in [-0.25, -0.2) is 9.67 Å². The van der Waals surface area contributed by atoms with E-state index in [0.29, 0.717) is 24.7 Å². The first-order chi connectivity index (χ1) is 9.65. The van der Waals surface area contributed by atoms with Crippen LogP contribution in [0.3, 0.4) is 0 Å². The number of anilines is 1. The molecule has 0 aliphatic rings. The third-order valence-corrected chi connectivity index (χ3v) is 3.03. The van der Waals surface area contributed by atoms with E-state index in [1.54, 1.807) is 12.3 Å². The van der Waals surface area contributed by atoms with Crippen molar-refractivity contribution < 1.29 is 4.42 Å². The fourth-order valence-electron chi connectivity index (χ4n) is 1.60. The topological polar surface area (TPSA) is 73.0 Å². The molecule has 0 saturated heterocycles. The Morgan fingerprint density at radius 3 is 3.00 bits per heavy atom. The molecule has 0 fully saturated rings. The Bertz CT molecular complexity index is 663. The molecule has 1 N–H and O–H groups in total. The zero-order valence-corrected chi connectivity index (χ0v) is 11.9. The summed E-state index contributed by atoms with van der Waals surface area (Å²) in [5, 5.41) is 7.07. The molecule has 0 amide bonds. The van der Waals surface area contributed by atoms with Crippen LogP contribution in [0.1, 0.15) is 18.6 Å². The number of oxazole rings is 1. The van der Waals surface area contributed by atoms with Crippen LogP contribution < -0.4 is 10.9 Å². The van der Waals surface area contributed by atoms with Crippen LogP contribution in [-0.4, -0.2) is 14.8 Å². The first kappa shape index (κ1) is 14.3. The molecule has 0 aliphatic carbocycles. The molecular weight excluding hydrogens is 280 g/mol. The average Bonchev–Trinajstić information content (AvgIpc) is 2.91. The summed E-state index contributed by atoms with van der Waals surface area (Å²) >= 11 is 6.01. The largest absolute Gasteiger partial charge is 0.444 e. The lowest BCUT2D eigenvalue weighted by Gasteiger charge is -2.07. The summed E-state index contributed by atoms with van der Waals surface area (Å²) in [5.74, 6) is 1.35. The van der Waals surface area contributed by atoms with E-state index in [0.717, 1.165) is 12.2 Å². The number of rotatable bonds is 6. The van der Waals surface area contributed by atoms with E-state index in [-0.39, 0.29) is 10.6 Å². The Morgan fingerprint density at radius 1 is 1.55 bits per heavy atom. The van der Waals surface area contributed by atoms with Gasteiger partial charge in [-0.1, -0.05) is 24.6 Å². The predicted octanol–water partition coefficient (Wildman–Crippen LogP) is 2.25. The molecule has 2 heterocycles. The van der Waals surface area contributed by atoms with Gasteiger partial charge in [-0.05, 0) is 0 Å². The van der Waals surface area contributed by atoms with Gasteiger partial charge in [-0.2, -0.15) is 5.10 Å². The maximum atomic E-state index is 11.9. The van der Waals surface area contributed by atoms with E-state index in [2.05, 4.69) is 22.0 Å². The smallest absolute Gasteiger partial charge is 0.287 e. The van der Waals surface area contributed by atoms with Crippen LogP contribution in [-0.2, 0) is 19.5 Å². The van der Waals surface area contributed by atoms with Gasteiger partial charge in [0.15, 0.2) is 0 Å². The van der Waals surface area contributed by atoms with Crippen molar-refractivity contribution in [1.82, 2.24) is 14.8 Å². The third-order valence-electron chi connectivity index (χ3n) is 2.67. The van der Waals surface area contributed by atoms with Crippen molar-refractivity contribution in [1.29, 1.82) is 0 Å². The van der Waals surface area contributed by atoms with Crippen LogP contribution in [0.5, 0.6) is 0 Å². The van der Waals surface area contributed by atoms with Gasteiger partial charge in [0.2, 0.25) is 5.89 Å². The standard InChI is InChI=1S/C13H15ClN4O2/c1-3-5-18-13(19)12(14)10(7-17-18)15-8-11-16-6-9(4-2)20-11/h3,6-7,15H,1,4-5,8H2,2H3. The molecule has 2 aromatic heterocycles. The normalized spacial score (nSPS) is 10.5. The Labute approximate surface area is 121 Å². The highest BCUT2D eigenvalue weighted by Gasteiger charge is 2.09. The molecule has 0 bridgehead atoms. The number of aromatic nitrogens is 3. The highest BCUT2D eigenvalue weighted by atomic mass is 35.5. The maximum Gasteiger partial charge on any atom is 0.287 e. The minimum absolute atomic E-state index is 0.0871. The van der Waals surface area contributed by atoms with Gasteiger partial charge < -0.3 is 9.73 Å². The Kier molecular flexibility index (Phi) is 4.57. The summed E-state index contributed by atoms with van der Waals surface area (Å²) in [5.41, 5.74) is 0.0893. The van der Waals surface area contributed by atoms with Gasteiger partial charge in [0.1, 0.15) is 10.8 Å². The van der Waals surface area contributed by atoms with E-state index < -0.39 is 0 Å². The summed E-state index contributed by atoms with van der Waals surface area (Å²) in [6.07, 6.45) is 5.54. The number of aryl methyl sites for hydroxylation is 1. The molecule has 0 spiro atoms. The van der Waals surface area contributed by atoms with Crippen LogP contribution in [0.25, 0.3) is 0 Å². The molecule has 106 valence electrons. The molecule has 0 atom stereocenters. The number of allylic oxidation sites excluding steroid dienone is 1. The number of nitrogens with zero attached hydrogens (tertiary/aromatic N) is 3. The lowest BCUT2D eigenvalue weighted by Crippen LogP contribution is -2.23. The van der Waals surface area contributed by atoms with Crippen molar-refractivity contribution >= 4 is 17.3 Å². The molecule has 6 nitrogen and oxygen atoms in total. The fraction of sp³-hybridized carbons (Fsp3) is 0.308. The van der Waals surface area contributed by atoms with Crippen LogP contribution in [0.15, 0.2) is 34.3 Å². The summed E-state index contributed by atoms with van der Waals surface area (Å²) in [6, 6.07) is 0. The summed E-state index contributed by atoms with van der Waals surface area (Å²) in [4.78, 5) is 16.0. The quantitative estimate of drug-likeness (QED) is 0.827. The summed E-state index contributed by atoms with van der Waals surface area (Å²) < 4.78 is 6.69. The second kappa shape index (κ2) is 6.38. The van der Waals surface area contributed by atoms with E-state index in [1.807, 2.05) is 6.92 Å². The van der Waals surface area contributed by atoms with E-state index in [9.17, 15) is 4.79 Å². The molecule has 0 radical (unpaired) electrons. The van der Waals surface area contributed by atoms with Gasteiger partial charge in [0, 0.05) is 6.42 Å². The number of hydrogen-bond donors (Lipinski definition) is 1. The highest BCUT2D eigenvalue weighted by molar-refractivity contribution is 6.32. The molecule has 2 rings (SSSR count). The fourth-order valence-corrected chi connectivity index (χ4v) is 1.82. The van der Waals surface area contributed by atoms with E-state index >= 15 is 0 Å². The predicted molar refractivity (Wildman–Crippen MR) is 76.9 cm³/mol. The highest BCUT2D eigenvalue weighted by Crippen LogP contribution is 2.16. The van der Waals surface area contributed by atoms with Crippen molar-refractivity contribution in [3.8, 4) is 0 Å². The monoisotopic (exact) mass is 294 g/mol. The van der Waals surface area contributed by atoms with E-state index in [1.165, 1.54) is 10.9 Å². The molecule has 7 heteroatoms. The van der Waals surface area contributed by atoms with Crippen LogP contribution >= 0.6 is 11.6 Å². The maximum absolute atomic E-state index is 11.9. The van der Waals surface area contributed by atoms with Crippen LogP contribution in [0, 0.1) is 0 Å². The van der Waals surface area contributed by atoms with Gasteiger partial charge in [0.05, 0.1) is 31.2 Å². The number of hydrogen-bond acceptors (Lipinski definition) is 5. The van der Waals surface area contributed by atoms with Gasteiger partial charge in [-0.3, -0.25) is 4.79 Å². The molecule has 0 saturated carbocycles. The van der Waals surface area contributed by atoms with Crippen molar-refractivity contribution in [2.75, 3.05) is 5.32 Å². The van der Waals surface area contributed by atoms with Crippen molar-refractivity contribution in [3.05, 3.63) is 52.1 Å². The average molecular weight is 295 g/mol. The Morgan fingerprint density at radius 2 is 2.35 bits per heavy atom. The van der Waals surface area contributed by atoms with Crippen LogP contribution in [0.2, 0.25) is 5.02 Å². The van der Waals surface area contributed by atoms with Crippen molar-refractivity contribution in [2.24, 2.45) is 0 Å². The minimum atomic E-state index is -0.363. The summed E-state index contributed by atoms with van der Waals surface area (Å²) in [6.45, 7) is 6.20.